The van der Waals surface area contributed by atoms with Crippen LogP contribution in [-0.2, 0) is 21.4 Å². The van der Waals surface area contributed by atoms with E-state index >= 15 is 0 Å². The van der Waals surface area contributed by atoms with Gasteiger partial charge in [0.2, 0.25) is 15.9 Å². The summed E-state index contributed by atoms with van der Waals surface area (Å²) in [6.45, 7) is 4.08. The second kappa shape index (κ2) is 10.4. The number of nitrogens with two attached hydrogens (primary N) is 1. The van der Waals surface area contributed by atoms with Gasteiger partial charge in [-0.2, -0.15) is 5.48 Å². The molecule has 3 atom stereocenters. The lowest BCUT2D eigenvalue weighted by Crippen LogP contribution is -2.56. The highest BCUT2D eigenvalue weighted by molar-refractivity contribution is 7.89. The second-order valence-corrected chi connectivity index (χ2v) is 10.9. The van der Waals surface area contributed by atoms with Crippen LogP contribution >= 0.6 is 0 Å². The molecule has 0 bridgehead atoms. The fourth-order valence-electron chi connectivity index (χ4n) is 4.82. The van der Waals surface area contributed by atoms with E-state index in [4.69, 9.17) is 15.7 Å². The number of hydrogen-bond donors (Lipinski definition) is 4. The molecule has 2 aromatic carbocycles. The van der Waals surface area contributed by atoms with Crippen LogP contribution in [0.1, 0.15) is 18.2 Å². The van der Waals surface area contributed by atoms with Crippen molar-refractivity contribution in [1.82, 2.24) is 15.2 Å². The number of rotatable bonds is 8. The number of likely N-dealkylation sites (N-methyl/N-ethyl adjacent to an activating group) is 1. The third kappa shape index (κ3) is 5.42. The topological polar surface area (TPSA) is 161 Å². The Kier molecular flexibility index (Phi) is 7.46. The predicted molar refractivity (Wildman–Crippen MR) is 135 cm³/mol. The lowest BCUT2D eigenvalue weighted by Gasteiger charge is -2.28. The molecule has 12 heteroatoms. The van der Waals surface area contributed by atoms with Gasteiger partial charge in [-0.25, -0.2) is 22.4 Å². The first-order valence-electron chi connectivity index (χ1n) is 11.8. The van der Waals surface area contributed by atoms with Gasteiger partial charge in [0.05, 0.1) is 23.0 Å². The fourth-order valence-corrected chi connectivity index (χ4v) is 6.09. The van der Waals surface area contributed by atoms with Crippen LogP contribution < -0.4 is 20.7 Å². The maximum Gasteiger partial charge on any atom is 0.440 e. The van der Waals surface area contributed by atoms with Gasteiger partial charge in [-0.3, -0.25) is 15.0 Å². The van der Waals surface area contributed by atoms with Crippen molar-refractivity contribution in [3.8, 4) is 5.75 Å². The zero-order valence-corrected chi connectivity index (χ0v) is 21.4. The number of amides is 3. The normalized spacial score (nSPS) is 21.6. The van der Waals surface area contributed by atoms with E-state index in [9.17, 15) is 18.0 Å². The highest BCUT2D eigenvalue weighted by Gasteiger charge is 2.52. The number of benzene rings is 2. The molecule has 11 nitrogen and oxygen atoms in total. The molecule has 37 heavy (non-hydrogen) atoms. The van der Waals surface area contributed by atoms with Crippen molar-refractivity contribution in [2.75, 3.05) is 19.6 Å². The van der Waals surface area contributed by atoms with E-state index in [1.165, 1.54) is 12.1 Å². The third-order valence-electron chi connectivity index (χ3n) is 6.84. The largest absolute Gasteiger partial charge is 0.489 e. The quantitative estimate of drug-likeness (QED) is 0.197. The van der Waals surface area contributed by atoms with E-state index in [1.807, 2.05) is 37.3 Å². The lowest BCUT2D eigenvalue weighted by molar-refractivity contribution is -0.838. The standard InChI is InChI=1S/C25H29N5O6S/c1-3-30(25(32)28-33)13-21(24(26)31)23(14-30)29-37(34,35)19-10-8-18(9-11-19)36-15-17-12-16(2)27-22-7-5-4-6-20(17)22/h4-12,21,23,29H,3,13-15H2,1-2H3,(H3-,26,28,31,32,33)/p+1/t21-,23?,30-/m1/s1. The number of hydrogen-bond acceptors (Lipinski definition) is 7. The Hall–Kier alpha value is -3.58. The molecule has 0 aliphatic carbocycles. The summed E-state index contributed by atoms with van der Waals surface area (Å²) in [7, 11) is -4.05. The third-order valence-corrected chi connectivity index (χ3v) is 8.35. The number of aromatic nitrogens is 1. The average Bonchev–Trinajstić information content (AvgIpc) is 3.26. The van der Waals surface area contributed by atoms with Crippen LogP contribution in [0.3, 0.4) is 0 Å². The molecule has 1 unspecified atom stereocenters. The highest BCUT2D eigenvalue weighted by atomic mass is 32.2. The summed E-state index contributed by atoms with van der Waals surface area (Å²) in [5, 5.41) is 10.1. The molecule has 3 aromatic rings. The second-order valence-electron chi connectivity index (χ2n) is 9.18. The Morgan fingerprint density at radius 2 is 1.86 bits per heavy atom. The minimum absolute atomic E-state index is 0.0264. The monoisotopic (exact) mass is 528 g/mol. The molecule has 196 valence electrons. The molecule has 2 heterocycles. The summed E-state index contributed by atoms with van der Waals surface area (Å²) in [6.07, 6.45) is 0. The smallest absolute Gasteiger partial charge is 0.440 e. The number of para-hydroxylation sites is 1. The first kappa shape index (κ1) is 26.5. The zero-order chi connectivity index (χ0) is 26.8. The van der Waals surface area contributed by atoms with Gasteiger partial charge < -0.3 is 10.5 Å². The summed E-state index contributed by atoms with van der Waals surface area (Å²) in [5.74, 6) is -1.17. The van der Waals surface area contributed by atoms with E-state index in [0.29, 0.717) is 5.75 Å². The molecule has 1 aliphatic rings. The highest BCUT2D eigenvalue weighted by Crippen LogP contribution is 2.27. The Labute approximate surface area is 214 Å². The number of ether oxygens (including phenoxy) is 1. The summed E-state index contributed by atoms with van der Waals surface area (Å²) in [6, 6.07) is 14.0. The van der Waals surface area contributed by atoms with E-state index in [2.05, 4.69) is 9.71 Å². The van der Waals surface area contributed by atoms with Gasteiger partial charge in [0.15, 0.2) is 0 Å². The van der Waals surface area contributed by atoms with E-state index in [1.54, 1.807) is 24.5 Å². The number of quaternary nitrogens is 1. The molecule has 1 saturated heterocycles. The van der Waals surface area contributed by atoms with Crippen molar-refractivity contribution >= 4 is 32.9 Å². The number of nitrogens with zero attached hydrogens (tertiary/aromatic N) is 2. The molecule has 5 N–H and O–H groups in total. The zero-order valence-electron chi connectivity index (χ0n) is 20.5. The number of fused-ring (bicyclic) bond motifs is 1. The van der Waals surface area contributed by atoms with Crippen LogP contribution in [0.4, 0.5) is 4.79 Å². The van der Waals surface area contributed by atoms with Gasteiger partial charge in [0.25, 0.3) is 0 Å². The average molecular weight is 529 g/mol. The van der Waals surface area contributed by atoms with Crippen molar-refractivity contribution in [3.63, 3.8) is 0 Å². The molecule has 0 saturated carbocycles. The number of pyridine rings is 1. The van der Waals surface area contributed by atoms with Gasteiger partial charge in [0, 0.05) is 16.6 Å². The number of likely N-dealkylation sites (tertiary alicyclic amines) is 1. The Balaban J connectivity index is 1.48. The molecule has 1 aliphatic heterocycles. The van der Waals surface area contributed by atoms with Crippen LogP contribution in [0.5, 0.6) is 5.75 Å². The Morgan fingerprint density at radius 1 is 1.16 bits per heavy atom. The van der Waals surface area contributed by atoms with Crippen LogP contribution in [0.15, 0.2) is 59.5 Å². The lowest BCUT2D eigenvalue weighted by atomic mass is 10.0. The minimum atomic E-state index is -4.05. The van der Waals surface area contributed by atoms with E-state index in [-0.39, 0.29) is 35.6 Å². The van der Waals surface area contributed by atoms with Gasteiger partial charge in [0.1, 0.15) is 31.4 Å². The minimum Gasteiger partial charge on any atom is -0.489 e. The van der Waals surface area contributed by atoms with Crippen LogP contribution in [0.2, 0.25) is 0 Å². The molecule has 0 spiro atoms. The van der Waals surface area contributed by atoms with Gasteiger partial charge >= 0.3 is 6.03 Å². The number of carbonyl (C=O) groups is 2. The van der Waals surface area contributed by atoms with E-state index in [0.717, 1.165) is 22.2 Å². The molecule has 1 aromatic heterocycles. The van der Waals surface area contributed by atoms with Crippen LogP contribution in [0, 0.1) is 12.8 Å². The Morgan fingerprint density at radius 3 is 2.51 bits per heavy atom. The Bertz CT molecular complexity index is 1430. The molecule has 4 rings (SSSR count). The van der Waals surface area contributed by atoms with Gasteiger partial charge in [-0.05, 0) is 50.2 Å². The summed E-state index contributed by atoms with van der Waals surface area (Å²) in [5.41, 5.74) is 9.82. The van der Waals surface area contributed by atoms with E-state index < -0.39 is 33.9 Å². The first-order chi connectivity index (χ1) is 17.6. The molecule has 3 amide bonds. The van der Waals surface area contributed by atoms with Crippen molar-refractivity contribution in [1.29, 1.82) is 0 Å². The molecular formula is C25H30N5O6S+. The van der Waals surface area contributed by atoms with Gasteiger partial charge in [-0.15, -0.1) is 0 Å². The van der Waals surface area contributed by atoms with Crippen LogP contribution in [-0.4, -0.2) is 60.7 Å². The van der Waals surface area contributed by atoms with Crippen LogP contribution in [0.25, 0.3) is 10.9 Å². The van der Waals surface area contributed by atoms with Crippen molar-refractivity contribution in [2.45, 2.75) is 31.4 Å². The summed E-state index contributed by atoms with van der Waals surface area (Å²) in [4.78, 5) is 28.8. The number of carbonyl (C=O) groups excluding carboxylic acids is 2. The number of hydroxylamine groups is 1. The predicted octanol–water partition coefficient (Wildman–Crippen LogP) is 1.82. The number of aryl methyl sites for hydroxylation is 1. The fraction of sp³-hybridized carbons (Fsp3) is 0.320. The van der Waals surface area contributed by atoms with Gasteiger partial charge in [-0.1, -0.05) is 18.2 Å². The number of sulfonamides is 1. The number of urea groups is 1. The molecule has 1 fully saturated rings. The van der Waals surface area contributed by atoms with Crippen molar-refractivity contribution < 1.29 is 32.4 Å². The first-order valence-corrected chi connectivity index (χ1v) is 13.3. The number of nitrogens with one attached hydrogen (secondary N) is 2. The maximum absolute atomic E-state index is 13.1. The van der Waals surface area contributed by atoms with Crippen molar-refractivity contribution in [3.05, 3.63) is 65.9 Å². The maximum atomic E-state index is 13.1. The summed E-state index contributed by atoms with van der Waals surface area (Å²) < 4.78 is 34.3. The molecule has 0 radical (unpaired) electrons. The summed E-state index contributed by atoms with van der Waals surface area (Å²) >= 11 is 0. The number of primary amides is 1. The van der Waals surface area contributed by atoms with Crippen molar-refractivity contribution in [2.24, 2.45) is 11.7 Å². The molecular weight excluding hydrogens is 498 g/mol. The SMILES string of the molecule is CC[N@+]1(C(=O)NO)CC(NS(=O)(=O)c2ccc(OCc3cc(C)nc4ccccc34)cc2)[C@H](C(N)=O)C1.